The molecule has 3 N–H and O–H groups in total. The number of hydrogen-bond acceptors (Lipinski definition) is 3. The van der Waals surface area contributed by atoms with Crippen LogP contribution in [0.15, 0.2) is 48.5 Å². The summed E-state index contributed by atoms with van der Waals surface area (Å²) in [6.45, 7) is 0. The Bertz CT molecular complexity index is 761. The number of aliphatic carboxylic acids is 1. The molecule has 0 spiro atoms. The fourth-order valence-corrected chi connectivity index (χ4v) is 3.84. The van der Waals surface area contributed by atoms with E-state index in [4.69, 9.17) is 10.8 Å². The molecular weight excluding hydrogens is 420 g/mol. The number of alkyl halides is 6. The van der Waals surface area contributed by atoms with Crippen LogP contribution >= 0.6 is 11.8 Å². The predicted octanol–water partition coefficient (Wildman–Crippen LogP) is 5.35. The van der Waals surface area contributed by atoms with Gasteiger partial charge in [0.15, 0.2) is 0 Å². The number of carbonyl (C=O) groups is 1. The molecule has 3 nitrogen and oxygen atoms in total. The van der Waals surface area contributed by atoms with E-state index in [1.807, 2.05) is 0 Å². The van der Waals surface area contributed by atoms with E-state index in [-0.39, 0.29) is 12.2 Å². The second-order valence-electron chi connectivity index (χ2n) is 6.22. The second kappa shape index (κ2) is 9.08. The Hall–Kier alpha value is -2.20. The van der Waals surface area contributed by atoms with Crippen molar-refractivity contribution < 1.29 is 36.2 Å². The van der Waals surface area contributed by atoms with Gasteiger partial charge in [0.05, 0.1) is 16.4 Å². The second-order valence-corrected chi connectivity index (χ2v) is 7.44. The highest BCUT2D eigenvalue weighted by Gasteiger charge is 2.32. The number of halogens is 6. The summed E-state index contributed by atoms with van der Waals surface area (Å²) in [7, 11) is 0. The monoisotopic (exact) mass is 437 g/mol. The summed E-state index contributed by atoms with van der Waals surface area (Å²) in [5.74, 6) is -0.939. The minimum atomic E-state index is -4.51. The van der Waals surface area contributed by atoms with E-state index in [9.17, 15) is 31.1 Å². The standard InChI is InChI=1S/C19H17F6NO2S/c20-18(21,22)13-5-1-11(2-6-13)16(29-10-9-15(26)17(27)28)12-3-7-14(8-4-12)19(23,24)25/h1-8,15-16H,9-10,26H2,(H,27,28). The Balaban J connectivity index is 2.29. The van der Waals surface area contributed by atoms with E-state index in [1.165, 1.54) is 36.0 Å². The smallest absolute Gasteiger partial charge is 0.416 e. The van der Waals surface area contributed by atoms with E-state index in [1.54, 1.807) is 0 Å². The molecule has 2 aromatic carbocycles. The molecule has 0 radical (unpaired) electrons. The van der Waals surface area contributed by atoms with Crippen molar-refractivity contribution in [3.63, 3.8) is 0 Å². The van der Waals surface area contributed by atoms with E-state index in [0.717, 1.165) is 24.3 Å². The first-order valence-electron chi connectivity index (χ1n) is 8.34. The largest absolute Gasteiger partial charge is 0.480 e. The third kappa shape index (κ3) is 6.40. The van der Waals surface area contributed by atoms with Crippen molar-refractivity contribution in [2.45, 2.75) is 30.1 Å². The summed E-state index contributed by atoms with van der Waals surface area (Å²) in [5, 5.41) is 8.26. The third-order valence-corrected chi connectivity index (χ3v) is 5.46. The van der Waals surface area contributed by atoms with Crippen LogP contribution in [-0.2, 0) is 17.1 Å². The lowest BCUT2D eigenvalue weighted by atomic mass is 10.0. The molecular formula is C19H17F6NO2S. The van der Waals surface area contributed by atoms with Gasteiger partial charge in [0, 0.05) is 0 Å². The van der Waals surface area contributed by atoms with Gasteiger partial charge in [-0.1, -0.05) is 24.3 Å². The molecule has 0 heterocycles. The van der Waals surface area contributed by atoms with Gasteiger partial charge in [-0.25, -0.2) is 0 Å². The predicted molar refractivity (Wildman–Crippen MR) is 97.4 cm³/mol. The lowest BCUT2D eigenvalue weighted by Gasteiger charge is -2.20. The van der Waals surface area contributed by atoms with Gasteiger partial charge in [0.2, 0.25) is 0 Å². The number of carboxylic acids is 1. The van der Waals surface area contributed by atoms with Crippen LogP contribution in [0.4, 0.5) is 26.3 Å². The first kappa shape index (κ1) is 23.1. The molecule has 158 valence electrons. The van der Waals surface area contributed by atoms with Gasteiger partial charge in [0.25, 0.3) is 0 Å². The molecule has 0 amide bonds. The number of carboxylic acid groups (broad SMARTS) is 1. The topological polar surface area (TPSA) is 63.3 Å². The van der Waals surface area contributed by atoms with Crippen molar-refractivity contribution >= 4 is 17.7 Å². The molecule has 1 unspecified atom stereocenters. The van der Waals surface area contributed by atoms with Gasteiger partial charge < -0.3 is 10.8 Å². The molecule has 0 saturated heterocycles. The molecule has 0 aliphatic rings. The van der Waals surface area contributed by atoms with Gasteiger partial charge in [-0.3, -0.25) is 4.79 Å². The normalized spacial score (nSPS) is 13.5. The molecule has 10 heteroatoms. The zero-order valence-corrected chi connectivity index (χ0v) is 15.6. The van der Waals surface area contributed by atoms with Gasteiger partial charge in [-0.15, -0.1) is 11.8 Å². The maximum Gasteiger partial charge on any atom is 0.416 e. The van der Waals surface area contributed by atoms with Crippen molar-refractivity contribution in [2.24, 2.45) is 5.73 Å². The molecule has 2 aromatic rings. The summed E-state index contributed by atoms with van der Waals surface area (Å²) in [6, 6.07) is 7.52. The summed E-state index contributed by atoms with van der Waals surface area (Å²) in [6.07, 6.45) is -8.93. The van der Waals surface area contributed by atoms with Crippen LogP contribution in [0, 0.1) is 0 Å². The molecule has 0 aliphatic carbocycles. The SMILES string of the molecule is NC(CCSC(c1ccc(C(F)(F)F)cc1)c1ccc(C(F)(F)F)cc1)C(=O)O. The van der Waals surface area contributed by atoms with Crippen LogP contribution in [0.3, 0.4) is 0 Å². The minimum absolute atomic E-state index is 0.0950. The zero-order valence-electron chi connectivity index (χ0n) is 14.8. The van der Waals surface area contributed by atoms with Crippen molar-refractivity contribution in [1.29, 1.82) is 0 Å². The number of hydrogen-bond donors (Lipinski definition) is 2. The zero-order chi connectivity index (χ0) is 21.8. The van der Waals surface area contributed by atoms with E-state index >= 15 is 0 Å². The van der Waals surface area contributed by atoms with Crippen LogP contribution in [0.5, 0.6) is 0 Å². The number of benzene rings is 2. The summed E-state index contributed by atoms with van der Waals surface area (Å²) >= 11 is 1.19. The lowest BCUT2D eigenvalue weighted by molar-refractivity contribution is -0.139. The highest BCUT2D eigenvalue weighted by molar-refractivity contribution is 7.99. The molecule has 0 bridgehead atoms. The summed E-state index contributed by atoms with van der Waals surface area (Å²) < 4.78 is 76.7. The van der Waals surface area contributed by atoms with Gasteiger partial charge >= 0.3 is 18.3 Å². The molecule has 0 aliphatic heterocycles. The van der Waals surface area contributed by atoms with Crippen molar-refractivity contribution in [2.75, 3.05) is 5.75 Å². The van der Waals surface area contributed by atoms with Crippen molar-refractivity contribution in [3.8, 4) is 0 Å². The maximum atomic E-state index is 12.8. The van der Waals surface area contributed by atoms with Crippen molar-refractivity contribution in [1.82, 2.24) is 0 Å². The first-order valence-corrected chi connectivity index (χ1v) is 9.39. The maximum absolute atomic E-state index is 12.8. The van der Waals surface area contributed by atoms with Crippen LogP contribution in [-0.4, -0.2) is 22.9 Å². The van der Waals surface area contributed by atoms with Crippen LogP contribution in [0.25, 0.3) is 0 Å². The number of rotatable bonds is 7. The van der Waals surface area contributed by atoms with Crippen molar-refractivity contribution in [3.05, 3.63) is 70.8 Å². The third-order valence-electron chi connectivity index (χ3n) is 4.11. The average Bonchev–Trinajstić information content (AvgIpc) is 2.64. The Morgan fingerprint density at radius 1 is 0.862 bits per heavy atom. The molecule has 0 aromatic heterocycles. The van der Waals surface area contributed by atoms with E-state index in [0.29, 0.717) is 11.1 Å². The lowest BCUT2D eigenvalue weighted by Crippen LogP contribution is -2.30. The quantitative estimate of drug-likeness (QED) is 0.574. The fourth-order valence-electron chi connectivity index (χ4n) is 2.52. The van der Waals surface area contributed by atoms with Gasteiger partial charge in [0.1, 0.15) is 6.04 Å². The van der Waals surface area contributed by atoms with E-state index in [2.05, 4.69) is 0 Å². The fraction of sp³-hybridized carbons (Fsp3) is 0.316. The summed E-state index contributed by atoms with van der Waals surface area (Å²) in [4.78, 5) is 10.8. The highest BCUT2D eigenvalue weighted by Crippen LogP contribution is 2.39. The minimum Gasteiger partial charge on any atom is -0.480 e. The number of thioether (sulfide) groups is 1. The Morgan fingerprint density at radius 2 is 1.24 bits per heavy atom. The first-order chi connectivity index (χ1) is 13.4. The van der Waals surface area contributed by atoms with Gasteiger partial charge in [-0.05, 0) is 47.6 Å². The average molecular weight is 437 g/mol. The molecule has 29 heavy (non-hydrogen) atoms. The molecule has 2 rings (SSSR count). The van der Waals surface area contributed by atoms with Crippen LogP contribution in [0.2, 0.25) is 0 Å². The van der Waals surface area contributed by atoms with E-state index < -0.39 is 40.7 Å². The van der Waals surface area contributed by atoms with Gasteiger partial charge in [-0.2, -0.15) is 26.3 Å². The highest BCUT2D eigenvalue weighted by atomic mass is 32.2. The molecule has 0 fully saturated rings. The Labute approximate surface area is 166 Å². The Morgan fingerprint density at radius 3 is 1.55 bits per heavy atom. The Kier molecular flexibility index (Phi) is 7.23. The molecule has 0 saturated carbocycles. The van der Waals surface area contributed by atoms with Crippen LogP contribution in [0.1, 0.15) is 33.9 Å². The molecule has 1 atom stereocenters. The van der Waals surface area contributed by atoms with Crippen LogP contribution < -0.4 is 5.73 Å². The summed E-state index contributed by atoms with van der Waals surface area (Å²) in [5.41, 5.74) is 4.67. The number of nitrogens with two attached hydrogens (primary N) is 1.